The topological polar surface area (TPSA) is 64.7 Å². The summed E-state index contributed by atoms with van der Waals surface area (Å²) in [5.41, 5.74) is 8.44. The highest BCUT2D eigenvalue weighted by atomic mass is 14.9. The molecule has 2 heterocycles. The maximum Gasteiger partial charge on any atom is 0.146 e. The van der Waals surface area contributed by atoms with Crippen LogP contribution in [0.1, 0.15) is 24.5 Å². The lowest BCUT2D eigenvalue weighted by Gasteiger charge is -2.03. The van der Waals surface area contributed by atoms with Gasteiger partial charge in [0, 0.05) is 12.1 Å². The zero-order valence-corrected chi connectivity index (χ0v) is 7.64. The second kappa shape index (κ2) is 2.64. The molecule has 1 aliphatic rings. The van der Waals surface area contributed by atoms with Crippen molar-refractivity contribution in [2.45, 2.75) is 18.8 Å². The Morgan fingerprint density at radius 1 is 1.21 bits per heavy atom. The van der Waals surface area contributed by atoms with Gasteiger partial charge in [-0.3, -0.25) is 4.98 Å². The lowest BCUT2D eigenvalue weighted by atomic mass is 10.2. The first-order valence-electron chi connectivity index (χ1n) is 4.72. The fraction of sp³-hybridized carbons (Fsp3) is 0.300. The molecule has 70 valence electrons. The number of aromatic nitrogens is 3. The third kappa shape index (κ3) is 1.11. The van der Waals surface area contributed by atoms with Gasteiger partial charge >= 0.3 is 0 Å². The van der Waals surface area contributed by atoms with Crippen molar-refractivity contribution < 1.29 is 0 Å². The van der Waals surface area contributed by atoms with Gasteiger partial charge in [0.2, 0.25) is 0 Å². The van der Waals surface area contributed by atoms with Gasteiger partial charge in [-0.15, -0.1) is 0 Å². The Bertz CT molecular complexity index is 490. The zero-order chi connectivity index (χ0) is 9.54. The number of pyridine rings is 1. The van der Waals surface area contributed by atoms with Gasteiger partial charge in [-0.1, -0.05) is 0 Å². The molecule has 1 saturated carbocycles. The largest absolute Gasteiger partial charge is 0.382 e. The molecule has 2 aromatic rings. The first kappa shape index (κ1) is 7.67. The summed E-state index contributed by atoms with van der Waals surface area (Å²) in [4.78, 5) is 12.8. The Hall–Kier alpha value is -1.71. The van der Waals surface area contributed by atoms with Gasteiger partial charge < -0.3 is 5.73 Å². The van der Waals surface area contributed by atoms with Crippen molar-refractivity contribution in [1.82, 2.24) is 15.0 Å². The van der Waals surface area contributed by atoms with E-state index in [0.29, 0.717) is 11.7 Å². The predicted molar refractivity (Wildman–Crippen MR) is 53.7 cm³/mol. The Kier molecular flexibility index (Phi) is 1.45. The molecule has 0 unspecified atom stereocenters. The van der Waals surface area contributed by atoms with Crippen molar-refractivity contribution in [2.24, 2.45) is 0 Å². The molecular weight excluding hydrogens is 176 g/mol. The molecule has 4 heteroatoms. The molecule has 0 saturated heterocycles. The molecule has 1 fully saturated rings. The Morgan fingerprint density at radius 2 is 2.07 bits per heavy atom. The third-order valence-corrected chi connectivity index (χ3v) is 2.49. The van der Waals surface area contributed by atoms with Crippen molar-refractivity contribution in [2.75, 3.05) is 5.73 Å². The van der Waals surface area contributed by atoms with E-state index < -0.39 is 0 Å². The molecule has 0 aliphatic heterocycles. The quantitative estimate of drug-likeness (QED) is 0.732. The van der Waals surface area contributed by atoms with Crippen LogP contribution >= 0.6 is 0 Å². The summed E-state index contributed by atoms with van der Waals surface area (Å²) < 4.78 is 0. The Balaban J connectivity index is 2.26. The molecule has 14 heavy (non-hydrogen) atoms. The number of hydrogen-bond acceptors (Lipinski definition) is 4. The van der Waals surface area contributed by atoms with Crippen LogP contribution < -0.4 is 5.73 Å². The van der Waals surface area contributed by atoms with E-state index in [1.54, 1.807) is 12.4 Å². The number of fused-ring (bicyclic) bond motifs is 1. The average molecular weight is 186 g/mol. The highest BCUT2D eigenvalue weighted by molar-refractivity contribution is 5.75. The second-order valence-corrected chi connectivity index (χ2v) is 3.63. The maximum atomic E-state index is 5.83. The lowest BCUT2D eigenvalue weighted by Crippen LogP contribution is -2.00. The minimum atomic E-state index is 0.534. The van der Waals surface area contributed by atoms with Crippen LogP contribution in [0.2, 0.25) is 0 Å². The smallest absolute Gasteiger partial charge is 0.146 e. The summed E-state index contributed by atoms with van der Waals surface area (Å²) in [6, 6.07) is 1.83. The number of anilines is 1. The molecule has 0 atom stereocenters. The number of nitrogens with two attached hydrogens (primary N) is 1. The first-order chi connectivity index (χ1) is 6.84. The van der Waals surface area contributed by atoms with Gasteiger partial charge in [0.15, 0.2) is 0 Å². The molecule has 0 radical (unpaired) electrons. The van der Waals surface area contributed by atoms with E-state index in [4.69, 9.17) is 5.73 Å². The van der Waals surface area contributed by atoms with Gasteiger partial charge in [-0.25, -0.2) is 9.97 Å². The molecule has 2 N–H and O–H groups in total. The van der Waals surface area contributed by atoms with Crippen LogP contribution in [-0.2, 0) is 0 Å². The van der Waals surface area contributed by atoms with Crippen molar-refractivity contribution in [1.29, 1.82) is 0 Å². The molecule has 2 aromatic heterocycles. The fourth-order valence-corrected chi connectivity index (χ4v) is 1.59. The minimum Gasteiger partial charge on any atom is -0.382 e. The number of rotatable bonds is 1. The summed E-state index contributed by atoms with van der Waals surface area (Å²) >= 11 is 0. The summed E-state index contributed by atoms with van der Waals surface area (Å²) in [6.07, 6.45) is 5.80. The van der Waals surface area contributed by atoms with Crippen molar-refractivity contribution in [3.8, 4) is 0 Å². The molecule has 3 rings (SSSR count). The van der Waals surface area contributed by atoms with Gasteiger partial charge in [0.1, 0.15) is 11.3 Å². The van der Waals surface area contributed by atoms with E-state index in [1.165, 1.54) is 12.8 Å². The van der Waals surface area contributed by atoms with Crippen LogP contribution in [0.25, 0.3) is 11.0 Å². The van der Waals surface area contributed by atoms with Crippen molar-refractivity contribution >= 4 is 16.9 Å². The summed E-state index contributed by atoms with van der Waals surface area (Å²) in [5, 5.41) is 0. The lowest BCUT2D eigenvalue weighted by molar-refractivity contribution is 1.02. The average Bonchev–Trinajstić information content (AvgIpc) is 3.00. The summed E-state index contributed by atoms with van der Waals surface area (Å²) in [6.45, 7) is 0. The van der Waals surface area contributed by atoms with E-state index in [1.807, 2.05) is 6.07 Å². The normalized spacial score (nSPS) is 16.0. The van der Waals surface area contributed by atoms with Crippen LogP contribution in [0.15, 0.2) is 18.5 Å². The van der Waals surface area contributed by atoms with Gasteiger partial charge in [0.05, 0.1) is 17.4 Å². The van der Waals surface area contributed by atoms with E-state index >= 15 is 0 Å². The van der Waals surface area contributed by atoms with Crippen LogP contribution in [0, 0.1) is 0 Å². The number of nitrogen functional groups attached to an aromatic ring is 1. The van der Waals surface area contributed by atoms with Gasteiger partial charge in [-0.05, 0) is 18.9 Å². The predicted octanol–water partition coefficient (Wildman–Crippen LogP) is 1.48. The van der Waals surface area contributed by atoms with Crippen LogP contribution in [0.4, 0.5) is 5.82 Å². The highest BCUT2D eigenvalue weighted by Gasteiger charge is 2.28. The van der Waals surface area contributed by atoms with Crippen LogP contribution in [0.5, 0.6) is 0 Å². The molecule has 4 nitrogen and oxygen atoms in total. The Morgan fingerprint density at radius 3 is 2.86 bits per heavy atom. The molecule has 0 aromatic carbocycles. The molecule has 0 spiro atoms. The van der Waals surface area contributed by atoms with E-state index in [0.717, 1.165) is 16.7 Å². The van der Waals surface area contributed by atoms with Gasteiger partial charge in [0.25, 0.3) is 0 Å². The summed E-state index contributed by atoms with van der Waals surface area (Å²) in [5.74, 6) is 1.11. The standard InChI is InChI=1S/C10H10N4/c11-10-9(6-1-2-6)13-8-5-12-4-3-7(8)14-10/h3-6H,1-2H2,(H2,11,14). The molecule has 0 bridgehead atoms. The van der Waals surface area contributed by atoms with E-state index in [9.17, 15) is 0 Å². The van der Waals surface area contributed by atoms with E-state index in [2.05, 4.69) is 15.0 Å². The molecular formula is C10H10N4. The van der Waals surface area contributed by atoms with Crippen LogP contribution in [0.3, 0.4) is 0 Å². The van der Waals surface area contributed by atoms with Crippen molar-refractivity contribution in [3.05, 3.63) is 24.2 Å². The van der Waals surface area contributed by atoms with Gasteiger partial charge in [-0.2, -0.15) is 0 Å². The minimum absolute atomic E-state index is 0.534. The van der Waals surface area contributed by atoms with Crippen LogP contribution in [-0.4, -0.2) is 15.0 Å². The molecule has 0 amide bonds. The SMILES string of the molecule is Nc1nc2ccncc2nc1C1CC1. The Labute approximate surface area is 81.2 Å². The van der Waals surface area contributed by atoms with Crippen molar-refractivity contribution in [3.63, 3.8) is 0 Å². The fourth-order valence-electron chi connectivity index (χ4n) is 1.59. The number of nitrogens with zero attached hydrogens (tertiary/aromatic N) is 3. The summed E-state index contributed by atoms with van der Waals surface area (Å²) in [7, 11) is 0. The second-order valence-electron chi connectivity index (χ2n) is 3.63. The zero-order valence-electron chi connectivity index (χ0n) is 7.64. The monoisotopic (exact) mass is 186 g/mol. The highest BCUT2D eigenvalue weighted by Crippen LogP contribution is 2.41. The molecule has 1 aliphatic carbocycles. The number of hydrogen-bond donors (Lipinski definition) is 1. The third-order valence-electron chi connectivity index (χ3n) is 2.49. The maximum absolute atomic E-state index is 5.83. The first-order valence-corrected chi connectivity index (χ1v) is 4.72. The van der Waals surface area contributed by atoms with E-state index in [-0.39, 0.29) is 0 Å².